The molecule has 1 aromatic heterocycles. The van der Waals surface area contributed by atoms with Gasteiger partial charge in [0, 0.05) is 5.69 Å². The molecule has 2 rings (SSSR count). The summed E-state index contributed by atoms with van der Waals surface area (Å²) in [5, 5.41) is 4.51. The van der Waals surface area contributed by atoms with Crippen LogP contribution in [0.5, 0.6) is 0 Å². The van der Waals surface area contributed by atoms with Crippen molar-refractivity contribution in [3.63, 3.8) is 0 Å². The molecule has 0 radical (unpaired) electrons. The maximum absolute atomic E-state index is 5.57. The van der Waals surface area contributed by atoms with Gasteiger partial charge in [0.2, 0.25) is 0 Å². The van der Waals surface area contributed by atoms with Gasteiger partial charge in [0.05, 0.1) is 11.4 Å². The molecular formula is C14H19N3. The molecule has 0 unspecified atom stereocenters. The Morgan fingerprint density at radius 3 is 2.47 bits per heavy atom. The van der Waals surface area contributed by atoms with E-state index in [9.17, 15) is 0 Å². The van der Waals surface area contributed by atoms with Gasteiger partial charge in [-0.15, -0.1) is 0 Å². The largest absolute Gasteiger partial charge is 0.330 e. The monoisotopic (exact) mass is 229 g/mol. The van der Waals surface area contributed by atoms with Gasteiger partial charge in [-0.1, -0.05) is 12.1 Å². The van der Waals surface area contributed by atoms with Crippen molar-refractivity contribution in [1.29, 1.82) is 0 Å². The van der Waals surface area contributed by atoms with Gasteiger partial charge >= 0.3 is 0 Å². The Morgan fingerprint density at radius 2 is 1.94 bits per heavy atom. The third-order valence-corrected chi connectivity index (χ3v) is 2.93. The molecule has 1 heterocycles. The van der Waals surface area contributed by atoms with Crippen molar-refractivity contribution < 1.29 is 0 Å². The summed E-state index contributed by atoms with van der Waals surface area (Å²) in [5.74, 6) is 0. The van der Waals surface area contributed by atoms with Gasteiger partial charge in [0.25, 0.3) is 0 Å². The Hall–Kier alpha value is -1.61. The van der Waals surface area contributed by atoms with Gasteiger partial charge in [0.1, 0.15) is 0 Å². The van der Waals surface area contributed by atoms with Crippen LogP contribution in [-0.4, -0.2) is 16.3 Å². The van der Waals surface area contributed by atoms with E-state index in [1.54, 1.807) is 0 Å². The zero-order chi connectivity index (χ0) is 12.4. The molecule has 90 valence electrons. The molecule has 0 spiro atoms. The molecule has 0 saturated heterocycles. The van der Waals surface area contributed by atoms with Crippen LogP contribution in [0.25, 0.3) is 5.69 Å². The Labute approximate surface area is 102 Å². The first-order valence-electron chi connectivity index (χ1n) is 5.95. The molecule has 0 bridgehead atoms. The molecule has 3 nitrogen and oxygen atoms in total. The number of benzene rings is 1. The zero-order valence-corrected chi connectivity index (χ0v) is 10.7. The summed E-state index contributed by atoms with van der Waals surface area (Å²) < 4.78 is 2.00. The van der Waals surface area contributed by atoms with E-state index in [0.717, 1.165) is 23.5 Å². The molecule has 2 aromatic rings. The summed E-state index contributed by atoms with van der Waals surface area (Å²) in [6.07, 6.45) is 0.929. The quantitative estimate of drug-likeness (QED) is 0.877. The first kappa shape index (κ1) is 11.9. The average Bonchev–Trinajstić information content (AvgIpc) is 2.58. The molecule has 0 amide bonds. The van der Waals surface area contributed by atoms with Crippen LogP contribution in [0.1, 0.15) is 22.5 Å². The molecule has 2 N–H and O–H groups in total. The number of aromatic nitrogens is 2. The summed E-state index contributed by atoms with van der Waals surface area (Å²) in [4.78, 5) is 0. The average molecular weight is 229 g/mol. The van der Waals surface area contributed by atoms with Crippen molar-refractivity contribution in [2.24, 2.45) is 5.73 Å². The normalized spacial score (nSPS) is 10.8. The molecule has 0 saturated carbocycles. The second kappa shape index (κ2) is 4.72. The van der Waals surface area contributed by atoms with E-state index < -0.39 is 0 Å². The molecule has 17 heavy (non-hydrogen) atoms. The van der Waals surface area contributed by atoms with Crippen LogP contribution in [0.15, 0.2) is 24.3 Å². The minimum atomic E-state index is 0.693. The Bertz CT molecular complexity index is 526. The Kier molecular flexibility index (Phi) is 3.29. The number of rotatable bonds is 3. The van der Waals surface area contributed by atoms with E-state index in [-0.39, 0.29) is 0 Å². The van der Waals surface area contributed by atoms with Crippen molar-refractivity contribution in [3.8, 4) is 5.69 Å². The lowest BCUT2D eigenvalue weighted by Gasteiger charge is -2.10. The number of hydrogen-bond donors (Lipinski definition) is 1. The van der Waals surface area contributed by atoms with Crippen molar-refractivity contribution in [3.05, 3.63) is 46.8 Å². The molecule has 0 aliphatic rings. The molecule has 0 fully saturated rings. The molecule has 0 atom stereocenters. The van der Waals surface area contributed by atoms with Crippen molar-refractivity contribution in [2.75, 3.05) is 6.54 Å². The lowest BCUT2D eigenvalue weighted by atomic mass is 10.1. The van der Waals surface area contributed by atoms with E-state index in [2.05, 4.69) is 43.2 Å². The molecule has 0 aliphatic carbocycles. The number of nitrogens with two attached hydrogens (primary N) is 1. The summed E-state index contributed by atoms with van der Waals surface area (Å²) in [7, 11) is 0. The van der Waals surface area contributed by atoms with E-state index in [4.69, 9.17) is 5.73 Å². The van der Waals surface area contributed by atoms with E-state index >= 15 is 0 Å². The fraction of sp³-hybridized carbons (Fsp3) is 0.357. The minimum Gasteiger partial charge on any atom is -0.330 e. The van der Waals surface area contributed by atoms with Gasteiger partial charge in [-0.2, -0.15) is 5.10 Å². The standard InChI is InChI=1S/C14H19N3/c1-10-8-13(6-7-15)4-5-14(10)17-12(3)9-11(2)16-17/h4-5,8-9H,6-7,15H2,1-3H3. The SMILES string of the molecule is Cc1cc(C)n(-c2ccc(CCN)cc2C)n1. The van der Waals surface area contributed by atoms with Gasteiger partial charge in [-0.25, -0.2) is 4.68 Å². The van der Waals surface area contributed by atoms with Crippen molar-refractivity contribution >= 4 is 0 Å². The summed E-state index contributed by atoms with van der Waals surface area (Å²) in [6, 6.07) is 8.54. The lowest BCUT2D eigenvalue weighted by Crippen LogP contribution is -2.05. The fourth-order valence-electron chi connectivity index (χ4n) is 2.15. The third kappa shape index (κ3) is 2.39. The van der Waals surface area contributed by atoms with Gasteiger partial charge in [-0.3, -0.25) is 0 Å². The fourth-order valence-corrected chi connectivity index (χ4v) is 2.15. The molecule has 1 aromatic carbocycles. The zero-order valence-electron chi connectivity index (χ0n) is 10.7. The maximum atomic E-state index is 5.57. The third-order valence-electron chi connectivity index (χ3n) is 2.93. The van der Waals surface area contributed by atoms with Gasteiger partial charge < -0.3 is 5.73 Å². The Morgan fingerprint density at radius 1 is 1.18 bits per heavy atom. The van der Waals surface area contributed by atoms with E-state index in [1.807, 2.05) is 11.6 Å². The highest BCUT2D eigenvalue weighted by atomic mass is 15.3. The number of nitrogens with zero attached hydrogens (tertiary/aromatic N) is 2. The smallest absolute Gasteiger partial charge is 0.0678 e. The van der Waals surface area contributed by atoms with Crippen LogP contribution >= 0.6 is 0 Å². The predicted octanol–water partition coefficient (Wildman–Crippen LogP) is 2.30. The maximum Gasteiger partial charge on any atom is 0.0678 e. The van der Waals surface area contributed by atoms with Crippen molar-refractivity contribution in [2.45, 2.75) is 27.2 Å². The summed E-state index contributed by atoms with van der Waals surface area (Å²) in [6.45, 7) is 6.90. The highest BCUT2D eigenvalue weighted by molar-refractivity contribution is 5.43. The Balaban J connectivity index is 2.43. The van der Waals surface area contributed by atoms with Gasteiger partial charge in [0.15, 0.2) is 0 Å². The molecular weight excluding hydrogens is 210 g/mol. The molecule has 0 aliphatic heterocycles. The highest BCUT2D eigenvalue weighted by Gasteiger charge is 2.06. The van der Waals surface area contributed by atoms with Crippen LogP contribution in [-0.2, 0) is 6.42 Å². The topological polar surface area (TPSA) is 43.8 Å². The summed E-state index contributed by atoms with van der Waals surface area (Å²) in [5.41, 5.74) is 11.5. The second-order valence-electron chi connectivity index (χ2n) is 4.50. The van der Waals surface area contributed by atoms with Crippen LogP contribution < -0.4 is 5.73 Å². The van der Waals surface area contributed by atoms with Crippen LogP contribution in [0.4, 0.5) is 0 Å². The van der Waals surface area contributed by atoms with Gasteiger partial charge in [-0.05, 0) is 57.0 Å². The second-order valence-corrected chi connectivity index (χ2v) is 4.50. The number of aryl methyl sites for hydroxylation is 3. The van der Waals surface area contributed by atoms with Crippen LogP contribution in [0.2, 0.25) is 0 Å². The minimum absolute atomic E-state index is 0.693. The number of hydrogen-bond acceptors (Lipinski definition) is 2. The summed E-state index contributed by atoms with van der Waals surface area (Å²) >= 11 is 0. The highest BCUT2D eigenvalue weighted by Crippen LogP contribution is 2.18. The lowest BCUT2D eigenvalue weighted by molar-refractivity contribution is 0.825. The first-order chi connectivity index (χ1) is 8.11. The van der Waals surface area contributed by atoms with Crippen molar-refractivity contribution in [1.82, 2.24) is 9.78 Å². The predicted molar refractivity (Wildman–Crippen MR) is 70.5 cm³/mol. The van der Waals surface area contributed by atoms with Crippen LogP contribution in [0, 0.1) is 20.8 Å². The first-order valence-corrected chi connectivity index (χ1v) is 5.95. The molecule has 3 heteroatoms. The van der Waals surface area contributed by atoms with Crippen LogP contribution in [0.3, 0.4) is 0 Å². The van der Waals surface area contributed by atoms with E-state index in [0.29, 0.717) is 6.54 Å². The van der Waals surface area contributed by atoms with E-state index in [1.165, 1.54) is 11.1 Å².